The smallest absolute Gasteiger partial charge is 0.119 e. The van der Waals surface area contributed by atoms with Gasteiger partial charge in [-0.3, -0.25) is 0 Å². The number of benzene rings is 4. The first-order valence-electron chi connectivity index (χ1n) is 10.6. The minimum absolute atomic E-state index is 0.867. The van der Waals surface area contributed by atoms with Gasteiger partial charge in [-0.15, -0.1) is 0 Å². The van der Waals surface area contributed by atoms with Gasteiger partial charge in [0.05, 0.1) is 7.11 Å². The lowest BCUT2D eigenvalue weighted by molar-refractivity contribution is 0.415. The summed E-state index contributed by atoms with van der Waals surface area (Å²) < 4.78 is 7.99. The number of fused-ring (bicyclic) bond motifs is 3. The van der Waals surface area contributed by atoms with Gasteiger partial charge in [-0.25, -0.2) is 0 Å². The summed E-state index contributed by atoms with van der Waals surface area (Å²) in [5.74, 6) is 3.07. The number of ether oxygens (including phenoxy) is 1. The van der Waals surface area contributed by atoms with E-state index in [9.17, 15) is 0 Å². The van der Waals surface area contributed by atoms with Gasteiger partial charge in [-0.1, -0.05) is 54.6 Å². The molecule has 0 saturated heterocycles. The van der Waals surface area contributed by atoms with Crippen LogP contribution in [-0.4, -0.2) is 11.7 Å². The van der Waals surface area contributed by atoms with Gasteiger partial charge in [0.25, 0.3) is 0 Å². The number of nitrogens with zero attached hydrogens (tertiary/aromatic N) is 1. The lowest BCUT2D eigenvalue weighted by Gasteiger charge is -2.14. The molecule has 31 heavy (non-hydrogen) atoms. The minimum atomic E-state index is 0.867. The van der Waals surface area contributed by atoms with Gasteiger partial charge in [0, 0.05) is 40.7 Å². The fraction of sp³-hybridized carbons (Fsp3) is 0.143. The maximum atomic E-state index is 5.59. The van der Waals surface area contributed by atoms with Crippen molar-refractivity contribution in [2.24, 2.45) is 0 Å². The highest BCUT2D eigenvalue weighted by Crippen LogP contribution is 2.45. The van der Waals surface area contributed by atoms with E-state index in [0.29, 0.717) is 0 Å². The summed E-state index contributed by atoms with van der Waals surface area (Å²) >= 11 is 2.01. The van der Waals surface area contributed by atoms with E-state index in [1.807, 2.05) is 11.8 Å². The number of thioether (sulfide) groups is 1. The molecule has 0 saturated carbocycles. The van der Waals surface area contributed by atoms with Crippen LogP contribution in [-0.2, 0) is 18.1 Å². The number of hydrogen-bond donors (Lipinski definition) is 0. The molecule has 0 atom stereocenters. The first-order valence-corrected chi connectivity index (χ1v) is 11.8. The normalized spacial score (nSPS) is 13.1. The van der Waals surface area contributed by atoms with E-state index in [1.165, 1.54) is 49.5 Å². The number of rotatable bonds is 4. The second kappa shape index (κ2) is 7.51. The fourth-order valence-electron chi connectivity index (χ4n) is 4.82. The van der Waals surface area contributed by atoms with Crippen molar-refractivity contribution in [1.29, 1.82) is 0 Å². The Balaban J connectivity index is 1.64. The highest BCUT2D eigenvalue weighted by atomic mass is 32.2. The number of hydrogen-bond acceptors (Lipinski definition) is 2. The van der Waals surface area contributed by atoms with Gasteiger partial charge in [-0.2, -0.15) is 11.8 Å². The van der Waals surface area contributed by atoms with E-state index >= 15 is 0 Å². The van der Waals surface area contributed by atoms with Crippen LogP contribution < -0.4 is 4.74 Å². The zero-order valence-corrected chi connectivity index (χ0v) is 18.3. The van der Waals surface area contributed by atoms with Crippen LogP contribution in [0.3, 0.4) is 0 Å². The third kappa shape index (κ3) is 3.12. The van der Waals surface area contributed by atoms with Crippen molar-refractivity contribution in [3.8, 4) is 16.9 Å². The molecule has 0 radical (unpaired) electrons. The van der Waals surface area contributed by atoms with Crippen LogP contribution in [0.15, 0.2) is 85.1 Å². The standard InChI is InChI=1S/C28H23NOS/c1-30-22-12-11-20-13-21-17-31-18-26(21)28(24(20)14-22)25-16-29(15-19-7-3-2-4-8-19)27-10-6-5-9-23(25)27/h2-14,16H,15,17-18H2,1H3. The number of aromatic nitrogens is 1. The van der Waals surface area contributed by atoms with Crippen molar-refractivity contribution in [3.63, 3.8) is 0 Å². The Bertz CT molecular complexity index is 1420. The molecule has 1 aliphatic rings. The van der Waals surface area contributed by atoms with E-state index in [1.54, 1.807) is 7.11 Å². The maximum absolute atomic E-state index is 5.59. The van der Waals surface area contributed by atoms with Gasteiger partial charge >= 0.3 is 0 Å². The fourth-order valence-corrected chi connectivity index (χ4v) is 5.94. The quantitative estimate of drug-likeness (QED) is 0.303. The summed E-state index contributed by atoms with van der Waals surface area (Å²) in [4.78, 5) is 0. The molecule has 3 heteroatoms. The largest absolute Gasteiger partial charge is 0.497 e. The van der Waals surface area contributed by atoms with Gasteiger partial charge in [0.2, 0.25) is 0 Å². The van der Waals surface area contributed by atoms with E-state index in [4.69, 9.17) is 4.74 Å². The Morgan fingerprint density at radius 1 is 0.871 bits per heavy atom. The summed E-state index contributed by atoms with van der Waals surface area (Å²) in [5, 5.41) is 3.88. The number of para-hydroxylation sites is 1. The molecule has 0 amide bonds. The summed E-state index contributed by atoms with van der Waals surface area (Å²) in [6, 6.07) is 28.3. The minimum Gasteiger partial charge on any atom is -0.497 e. The van der Waals surface area contributed by atoms with Crippen molar-refractivity contribution in [2.75, 3.05) is 7.11 Å². The molecule has 0 fully saturated rings. The topological polar surface area (TPSA) is 14.2 Å². The van der Waals surface area contributed by atoms with Crippen molar-refractivity contribution in [3.05, 3.63) is 102 Å². The highest BCUT2D eigenvalue weighted by molar-refractivity contribution is 7.98. The lowest BCUT2D eigenvalue weighted by Crippen LogP contribution is -1.97. The zero-order chi connectivity index (χ0) is 20.8. The van der Waals surface area contributed by atoms with E-state index in [-0.39, 0.29) is 0 Å². The second-order valence-electron chi connectivity index (χ2n) is 8.14. The summed E-state index contributed by atoms with van der Waals surface area (Å²) in [6.45, 7) is 0.867. The molecule has 2 nitrogen and oxygen atoms in total. The molecule has 0 unspecified atom stereocenters. The van der Waals surface area contributed by atoms with E-state index in [0.717, 1.165) is 23.8 Å². The molecule has 4 aromatic carbocycles. The molecule has 0 N–H and O–H groups in total. The maximum Gasteiger partial charge on any atom is 0.119 e. The zero-order valence-electron chi connectivity index (χ0n) is 17.5. The molecular formula is C28H23NOS. The Morgan fingerprint density at radius 2 is 1.71 bits per heavy atom. The van der Waals surface area contributed by atoms with Gasteiger partial charge < -0.3 is 9.30 Å². The Morgan fingerprint density at radius 3 is 2.58 bits per heavy atom. The van der Waals surface area contributed by atoms with Gasteiger partial charge in [-0.05, 0) is 57.3 Å². The average Bonchev–Trinajstić information content (AvgIpc) is 3.43. The van der Waals surface area contributed by atoms with Crippen LogP contribution in [0.4, 0.5) is 0 Å². The summed E-state index contributed by atoms with van der Waals surface area (Å²) in [7, 11) is 1.75. The molecule has 5 aromatic rings. The van der Waals surface area contributed by atoms with Crippen LogP contribution in [0.1, 0.15) is 16.7 Å². The third-order valence-electron chi connectivity index (χ3n) is 6.31. The van der Waals surface area contributed by atoms with Crippen LogP contribution in [0, 0.1) is 0 Å². The van der Waals surface area contributed by atoms with Crippen LogP contribution in [0.2, 0.25) is 0 Å². The van der Waals surface area contributed by atoms with E-state index < -0.39 is 0 Å². The Kier molecular flexibility index (Phi) is 4.50. The third-order valence-corrected chi connectivity index (χ3v) is 7.31. The van der Waals surface area contributed by atoms with Crippen LogP contribution in [0.25, 0.3) is 32.8 Å². The predicted molar refractivity (Wildman–Crippen MR) is 132 cm³/mol. The Labute approximate surface area is 186 Å². The van der Waals surface area contributed by atoms with Gasteiger partial charge in [0.15, 0.2) is 0 Å². The first kappa shape index (κ1) is 18.6. The molecular weight excluding hydrogens is 398 g/mol. The van der Waals surface area contributed by atoms with Crippen molar-refractivity contribution < 1.29 is 4.74 Å². The predicted octanol–water partition coefficient (Wildman–Crippen LogP) is 7.27. The van der Waals surface area contributed by atoms with Gasteiger partial charge in [0.1, 0.15) is 5.75 Å². The Hall–Kier alpha value is -3.17. The summed E-state index contributed by atoms with van der Waals surface area (Å²) in [5.41, 5.74) is 8.24. The molecule has 1 aliphatic heterocycles. The molecule has 0 spiro atoms. The molecule has 152 valence electrons. The van der Waals surface area contributed by atoms with E-state index in [2.05, 4.69) is 89.6 Å². The lowest BCUT2D eigenvalue weighted by atomic mass is 9.90. The van der Waals surface area contributed by atoms with Crippen molar-refractivity contribution >= 4 is 33.4 Å². The molecule has 0 bridgehead atoms. The molecule has 6 rings (SSSR count). The summed E-state index contributed by atoms with van der Waals surface area (Å²) in [6.07, 6.45) is 2.36. The second-order valence-corrected chi connectivity index (χ2v) is 9.13. The highest BCUT2D eigenvalue weighted by Gasteiger charge is 2.22. The molecule has 0 aliphatic carbocycles. The number of methoxy groups -OCH3 is 1. The molecule has 1 aromatic heterocycles. The van der Waals surface area contributed by atoms with Crippen molar-refractivity contribution in [1.82, 2.24) is 4.57 Å². The average molecular weight is 422 g/mol. The first-order chi connectivity index (χ1) is 15.3. The molecule has 2 heterocycles. The SMILES string of the molecule is COc1ccc2cc3c(c(-c4cn(Cc5ccccc5)c5ccccc45)c2c1)CSC3. The van der Waals surface area contributed by atoms with Crippen LogP contribution >= 0.6 is 11.8 Å². The monoisotopic (exact) mass is 421 g/mol. The van der Waals surface area contributed by atoms with Crippen LogP contribution in [0.5, 0.6) is 5.75 Å². The van der Waals surface area contributed by atoms with Crippen molar-refractivity contribution in [2.45, 2.75) is 18.1 Å².